The molecule has 102 valence electrons. The van der Waals surface area contributed by atoms with Gasteiger partial charge in [0.2, 0.25) is 0 Å². The molecule has 1 unspecified atom stereocenters. The maximum Gasteiger partial charge on any atom is 0.330 e. The first-order valence-electron chi connectivity index (χ1n) is 5.69. The number of nitrogens with one attached hydrogen (secondary N) is 1. The number of nitrogens with zero attached hydrogens (tertiary/aromatic N) is 4. The van der Waals surface area contributed by atoms with Crippen LogP contribution >= 0.6 is 0 Å². The Morgan fingerprint density at radius 3 is 3.05 bits per heavy atom. The number of aromatic nitrogens is 2. The molecule has 9 heteroatoms. The first kappa shape index (κ1) is 13.3. The van der Waals surface area contributed by atoms with Gasteiger partial charge >= 0.3 is 5.69 Å². The van der Waals surface area contributed by atoms with Crippen LogP contribution in [0.1, 0.15) is 18.2 Å². The number of aliphatic hydroxyl groups is 1. The van der Waals surface area contributed by atoms with Gasteiger partial charge in [0.25, 0.3) is 5.56 Å². The molecular formula is C10H13N5O4. The zero-order chi connectivity index (χ0) is 14.0. The minimum absolute atomic E-state index is 0.265. The van der Waals surface area contributed by atoms with Crippen LogP contribution in [-0.2, 0) is 4.74 Å². The van der Waals surface area contributed by atoms with Crippen LogP contribution in [0.3, 0.4) is 0 Å². The molecule has 0 aliphatic carbocycles. The van der Waals surface area contributed by atoms with E-state index in [1.54, 1.807) is 6.92 Å². The fraction of sp³-hybridized carbons (Fsp3) is 0.600. The van der Waals surface area contributed by atoms with Crippen molar-refractivity contribution in [2.45, 2.75) is 31.7 Å². The molecule has 2 heterocycles. The standard InChI is InChI=1S/C10H13N5O4/c1-5-3-15(10(18)12-9(5)17)8-2-6(13-14-11)7(4-16)19-8/h3,6-8,16H,2,4H2,1H3,(H,12,17,18)/t6?,7-,8-/m1/s1. The summed E-state index contributed by atoms with van der Waals surface area (Å²) in [5.74, 6) is 0. The molecule has 0 amide bonds. The molecule has 0 radical (unpaired) electrons. The molecule has 1 aromatic heterocycles. The Morgan fingerprint density at radius 2 is 2.42 bits per heavy atom. The van der Waals surface area contributed by atoms with Gasteiger partial charge in [-0.15, -0.1) is 0 Å². The number of aryl methyl sites for hydroxylation is 1. The molecule has 0 saturated carbocycles. The molecule has 1 saturated heterocycles. The van der Waals surface area contributed by atoms with Crippen molar-refractivity contribution in [3.8, 4) is 0 Å². The van der Waals surface area contributed by atoms with Gasteiger partial charge in [0.15, 0.2) is 0 Å². The van der Waals surface area contributed by atoms with Gasteiger partial charge in [-0.3, -0.25) is 14.3 Å². The predicted octanol–water partition coefficient (Wildman–Crippen LogP) is -0.196. The van der Waals surface area contributed by atoms with E-state index in [1.165, 1.54) is 10.8 Å². The van der Waals surface area contributed by atoms with Crippen LogP contribution in [-0.4, -0.2) is 33.4 Å². The molecule has 2 rings (SSSR count). The highest BCUT2D eigenvalue weighted by Gasteiger charge is 2.35. The minimum Gasteiger partial charge on any atom is -0.394 e. The number of azide groups is 1. The number of aliphatic hydroxyl groups excluding tert-OH is 1. The van der Waals surface area contributed by atoms with Crippen molar-refractivity contribution in [1.82, 2.24) is 9.55 Å². The highest BCUT2D eigenvalue weighted by atomic mass is 16.5. The van der Waals surface area contributed by atoms with Crippen LogP contribution in [0.25, 0.3) is 10.4 Å². The Labute approximate surface area is 107 Å². The zero-order valence-electron chi connectivity index (χ0n) is 10.2. The second-order valence-electron chi connectivity index (χ2n) is 4.30. The molecule has 3 atom stereocenters. The van der Waals surface area contributed by atoms with E-state index in [0.29, 0.717) is 5.56 Å². The average Bonchev–Trinajstić information content (AvgIpc) is 2.77. The summed E-state index contributed by atoms with van der Waals surface area (Å²) in [5.41, 5.74) is 7.76. The second-order valence-corrected chi connectivity index (χ2v) is 4.30. The van der Waals surface area contributed by atoms with Gasteiger partial charge in [0, 0.05) is 23.1 Å². The van der Waals surface area contributed by atoms with Crippen LogP contribution in [0.5, 0.6) is 0 Å². The molecule has 2 N–H and O–H groups in total. The van der Waals surface area contributed by atoms with Gasteiger partial charge in [-0.1, -0.05) is 5.11 Å². The molecule has 0 spiro atoms. The van der Waals surface area contributed by atoms with E-state index in [0.717, 1.165) is 0 Å². The monoisotopic (exact) mass is 267 g/mol. The largest absolute Gasteiger partial charge is 0.394 e. The third kappa shape index (κ3) is 2.53. The molecule has 1 aromatic rings. The van der Waals surface area contributed by atoms with E-state index in [4.69, 9.17) is 15.4 Å². The molecule has 1 fully saturated rings. The van der Waals surface area contributed by atoms with Crippen molar-refractivity contribution in [1.29, 1.82) is 0 Å². The quantitative estimate of drug-likeness (QED) is 0.445. The van der Waals surface area contributed by atoms with Crippen molar-refractivity contribution in [2.75, 3.05) is 6.61 Å². The van der Waals surface area contributed by atoms with Crippen molar-refractivity contribution in [3.05, 3.63) is 43.0 Å². The molecule has 19 heavy (non-hydrogen) atoms. The van der Waals surface area contributed by atoms with E-state index in [1.807, 2.05) is 0 Å². The summed E-state index contributed by atoms with van der Waals surface area (Å²) in [7, 11) is 0. The number of hydrogen-bond acceptors (Lipinski definition) is 5. The van der Waals surface area contributed by atoms with Crippen molar-refractivity contribution < 1.29 is 9.84 Å². The minimum atomic E-state index is -0.671. The molecule has 0 bridgehead atoms. The van der Waals surface area contributed by atoms with Crippen molar-refractivity contribution in [2.24, 2.45) is 5.11 Å². The number of aromatic amines is 1. The summed E-state index contributed by atoms with van der Waals surface area (Å²) in [5, 5.41) is 12.7. The SMILES string of the molecule is Cc1cn([C@H]2CC(N=[N+]=[N-])[C@@H](CO)O2)c(=O)[nH]c1=O. The van der Waals surface area contributed by atoms with Crippen molar-refractivity contribution in [3.63, 3.8) is 0 Å². The van der Waals surface area contributed by atoms with E-state index < -0.39 is 29.6 Å². The van der Waals surface area contributed by atoms with Gasteiger partial charge in [-0.25, -0.2) is 4.79 Å². The average molecular weight is 267 g/mol. The van der Waals surface area contributed by atoms with E-state index in [9.17, 15) is 9.59 Å². The zero-order valence-corrected chi connectivity index (χ0v) is 10.2. The first-order valence-corrected chi connectivity index (χ1v) is 5.69. The molecule has 0 aromatic carbocycles. The fourth-order valence-electron chi connectivity index (χ4n) is 2.04. The number of H-pyrrole nitrogens is 1. The Balaban J connectivity index is 2.34. The molecular weight excluding hydrogens is 254 g/mol. The normalized spacial score (nSPS) is 26.1. The number of hydrogen-bond donors (Lipinski definition) is 2. The lowest BCUT2D eigenvalue weighted by molar-refractivity contribution is -0.0271. The Morgan fingerprint density at radius 1 is 1.68 bits per heavy atom. The summed E-state index contributed by atoms with van der Waals surface area (Å²) in [6, 6.07) is -0.542. The lowest BCUT2D eigenvalue weighted by Gasteiger charge is -2.14. The summed E-state index contributed by atoms with van der Waals surface area (Å²) in [6.07, 6.45) is 0.329. The number of rotatable bonds is 3. The van der Waals surface area contributed by atoms with Gasteiger partial charge in [-0.2, -0.15) is 0 Å². The maximum absolute atomic E-state index is 11.7. The highest BCUT2D eigenvalue weighted by molar-refractivity contribution is 5.02. The Hall–Kier alpha value is -2.09. The lowest BCUT2D eigenvalue weighted by atomic mass is 10.1. The van der Waals surface area contributed by atoms with E-state index in [-0.39, 0.29) is 13.0 Å². The van der Waals surface area contributed by atoms with Gasteiger partial charge in [0.1, 0.15) is 6.23 Å². The third-order valence-electron chi connectivity index (χ3n) is 3.04. The van der Waals surface area contributed by atoms with Gasteiger partial charge in [-0.05, 0) is 12.5 Å². The van der Waals surface area contributed by atoms with Crippen LogP contribution < -0.4 is 11.2 Å². The van der Waals surface area contributed by atoms with E-state index in [2.05, 4.69) is 15.0 Å². The summed E-state index contributed by atoms with van der Waals surface area (Å²) >= 11 is 0. The smallest absolute Gasteiger partial charge is 0.330 e. The fourth-order valence-corrected chi connectivity index (χ4v) is 2.04. The van der Waals surface area contributed by atoms with E-state index >= 15 is 0 Å². The molecule has 9 nitrogen and oxygen atoms in total. The third-order valence-corrected chi connectivity index (χ3v) is 3.04. The first-order chi connectivity index (χ1) is 9.06. The topological polar surface area (TPSA) is 133 Å². The van der Waals surface area contributed by atoms with Crippen LogP contribution in [0, 0.1) is 6.92 Å². The van der Waals surface area contributed by atoms with Crippen molar-refractivity contribution >= 4 is 0 Å². The Kier molecular flexibility index (Phi) is 3.70. The molecule has 1 aliphatic rings. The molecule has 1 aliphatic heterocycles. The summed E-state index contributed by atoms with van der Waals surface area (Å²) < 4.78 is 6.69. The van der Waals surface area contributed by atoms with Crippen LogP contribution in [0.2, 0.25) is 0 Å². The number of ether oxygens (including phenoxy) is 1. The summed E-state index contributed by atoms with van der Waals surface area (Å²) in [6.45, 7) is 1.26. The van der Waals surface area contributed by atoms with Crippen LogP contribution in [0.4, 0.5) is 0 Å². The predicted molar refractivity (Wildman–Crippen MR) is 64.6 cm³/mol. The Bertz CT molecular complexity index is 630. The van der Waals surface area contributed by atoms with Gasteiger partial charge < -0.3 is 9.84 Å². The van der Waals surface area contributed by atoms with Crippen LogP contribution in [0.15, 0.2) is 20.9 Å². The lowest BCUT2D eigenvalue weighted by Crippen LogP contribution is -2.33. The highest BCUT2D eigenvalue weighted by Crippen LogP contribution is 2.29. The maximum atomic E-state index is 11.7. The summed E-state index contributed by atoms with van der Waals surface area (Å²) in [4.78, 5) is 27.8. The van der Waals surface area contributed by atoms with Gasteiger partial charge in [0.05, 0.1) is 18.8 Å². The second kappa shape index (κ2) is 5.27.